The molecule has 1 aliphatic heterocycles. The zero-order valence-corrected chi connectivity index (χ0v) is 10.4. The molecule has 2 rings (SSSR count). The number of carbonyl (C=O) groups is 2. The fourth-order valence-corrected chi connectivity index (χ4v) is 2.10. The minimum absolute atomic E-state index is 0.275. The van der Waals surface area contributed by atoms with E-state index in [1.807, 2.05) is 0 Å². The summed E-state index contributed by atoms with van der Waals surface area (Å²) >= 11 is 5.82. The van der Waals surface area contributed by atoms with Crippen molar-refractivity contribution < 1.29 is 9.59 Å². The van der Waals surface area contributed by atoms with Crippen molar-refractivity contribution in [3.05, 3.63) is 29.3 Å². The summed E-state index contributed by atoms with van der Waals surface area (Å²) in [5.74, 6) is -0.550. The molecule has 17 heavy (non-hydrogen) atoms. The summed E-state index contributed by atoms with van der Waals surface area (Å²) in [7, 11) is 0. The number of hydrogen-bond donors (Lipinski definition) is 1. The van der Waals surface area contributed by atoms with E-state index in [2.05, 4.69) is 5.32 Å². The summed E-state index contributed by atoms with van der Waals surface area (Å²) in [6.45, 7) is 3.54. The fourth-order valence-electron chi connectivity index (χ4n) is 1.98. The SMILES string of the molecule is CC1C(=O)NC(=O)C(C)N1c1ccc(Cl)cc1. The van der Waals surface area contributed by atoms with Crippen molar-refractivity contribution in [1.82, 2.24) is 5.32 Å². The molecular formula is C12H13ClN2O2. The van der Waals surface area contributed by atoms with Gasteiger partial charge in [-0.2, -0.15) is 0 Å². The van der Waals surface area contributed by atoms with E-state index in [1.54, 1.807) is 43.0 Å². The van der Waals surface area contributed by atoms with Gasteiger partial charge < -0.3 is 4.90 Å². The molecule has 2 unspecified atom stereocenters. The Morgan fingerprint density at radius 2 is 1.53 bits per heavy atom. The second-order valence-corrected chi connectivity index (χ2v) is 4.53. The first-order chi connectivity index (χ1) is 8.00. The monoisotopic (exact) mass is 252 g/mol. The van der Waals surface area contributed by atoms with Gasteiger partial charge in [-0.15, -0.1) is 0 Å². The van der Waals surface area contributed by atoms with Gasteiger partial charge in [0.25, 0.3) is 0 Å². The van der Waals surface area contributed by atoms with Crippen LogP contribution in [0.2, 0.25) is 5.02 Å². The lowest BCUT2D eigenvalue weighted by atomic mass is 10.1. The van der Waals surface area contributed by atoms with Crippen LogP contribution >= 0.6 is 11.6 Å². The van der Waals surface area contributed by atoms with E-state index in [1.165, 1.54) is 0 Å². The topological polar surface area (TPSA) is 49.4 Å². The predicted octanol–water partition coefficient (Wildman–Crippen LogP) is 1.58. The maximum absolute atomic E-state index is 11.6. The Hall–Kier alpha value is -1.55. The highest BCUT2D eigenvalue weighted by molar-refractivity contribution is 6.30. The lowest BCUT2D eigenvalue weighted by molar-refractivity contribution is -0.134. The Morgan fingerprint density at radius 3 is 2.00 bits per heavy atom. The van der Waals surface area contributed by atoms with Crippen LogP contribution in [-0.2, 0) is 9.59 Å². The zero-order valence-electron chi connectivity index (χ0n) is 9.61. The molecule has 1 aromatic rings. The van der Waals surface area contributed by atoms with Crippen LogP contribution in [-0.4, -0.2) is 23.9 Å². The highest BCUT2D eigenvalue weighted by atomic mass is 35.5. The molecule has 1 N–H and O–H groups in total. The summed E-state index contributed by atoms with van der Waals surface area (Å²) < 4.78 is 0. The number of nitrogens with zero attached hydrogens (tertiary/aromatic N) is 1. The molecule has 1 heterocycles. The molecule has 1 aliphatic rings. The average Bonchev–Trinajstić information content (AvgIpc) is 2.29. The first-order valence-electron chi connectivity index (χ1n) is 5.39. The molecule has 0 saturated carbocycles. The van der Waals surface area contributed by atoms with E-state index in [4.69, 9.17) is 11.6 Å². The van der Waals surface area contributed by atoms with Crippen LogP contribution in [0.1, 0.15) is 13.8 Å². The van der Waals surface area contributed by atoms with Crippen LogP contribution in [0.25, 0.3) is 0 Å². The third kappa shape index (κ3) is 2.13. The summed E-state index contributed by atoms with van der Waals surface area (Å²) in [6, 6.07) is 6.36. The van der Waals surface area contributed by atoms with Crippen LogP contribution in [0.5, 0.6) is 0 Å². The number of anilines is 1. The number of nitrogens with one attached hydrogen (secondary N) is 1. The molecule has 1 aromatic carbocycles. The van der Waals surface area contributed by atoms with Gasteiger partial charge >= 0.3 is 0 Å². The maximum Gasteiger partial charge on any atom is 0.249 e. The zero-order chi connectivity index (χ0) is 12.6. The third-order valence-corrected chi connectivity index (χ3v) is 3.22. The Bertz CT molecular complexity index is 438. The second-order valence-electron chi connectivity index (χ2n) is 4.09. The predicted molar refractivity (Wildman–Crippen MR) is 66.0 cm³/mol. The minimum atomic E-state index is -0.371. The van der Waals surface area contributed by atoms with Gasteiger partial charge in [0, 0.05) is 10.7 Å². The molecule has 1 saturated heterocycles. The first kappa shape index (κ1) is 11.9. The first-order valence-corrected chi connectivity index (χ1v) is 5.77. The van der Waals surface area contributed by atoms with Crippen LogP contribution in [0.4, 0.5) is 5.69 Å². The second kappa shape index (κ2) is 4.37. The van der Waals surface area contributed by atoms with Crippen molar-refractivity contribution in [3.8, 4) is 0 Å². The number of halogens is 1. The van der Waals surface area contributed by atoms with E-state index in [0.29, 0.717) is 5.02 Å². The number of amides is 2. The summed E-state index contributed by atoms with van der Waals surface area (Å²) in [5.41, 5.74) is 0.817. The van der Waals surface area contributed by atoms with Crippen molar-refractivity contribution in [2.24, 2.45) is 0 Å². The van der Waals surface area contributed by atoms with E-state index < -0.39 is 0 Å². The maximum atomic E-state index is 11.6. The molecule has 0 aliphatic carbocycles. The molecular weight excluding hydrogens is 240 g/mol. The number of benzene rings is 1. The van der Waals surface area contributed by atoms with Gasteiger partial charge in [-0.25, -0.2) is 0 Å². The third-order valence-electron chi connectivity index (χ3n) is 2.96. The molecule has 0 bridgehead atoms. The Morgan fingerprint density at radius 1 is 1.06 bits per heavy atom. The van der Waals surface area contributed by atoms with Crippen LogP contribution in [0.3, 0.4) is 0 Å². The average molecular weight is 253 g/mol. The van der Waals surface area contributed by atoms with Crippen molar-refractivity contribution in [2.45, 2.75) is 25.9 Å². The number of piperazine rings is 1. The Kier molecular flexibility index (Phi) is 3.07. The summed E-state index contributed by atoms with van der Waals surface area (Å²) in [6.07, 6.45) is 0. The van der Waals surface area contributed by atoms with E-state index in [9.17, 15) is 9.59 Å². The summed E-state index contributed by atoms with van der Waals surface area (Å²) in [4.78, 5) is 25.0. The minimum Gasteiger partial charge on any atom is -0.348 e. The molecule has 0 radical (unpaired) electrons. The van der Waals surface area contributed by atoms with Gasteiger partial charge in [0.1, 0.15) is 12.1 Å². The Labute approximate surface area is 105 Å². The van der Waals surface area contributed by atoms with Crippen molar-refractivity contribution in [1.29, 1.82) is 0 Å². The van der Waals surface area contributed by atoms with Gasteiger partial charge in [-0.1, -0.05) is 11.6 Å². The van der Waals surface area contributed by atoms with Gasteiger partial charge in [-0.3, -0.25) is 14.9 Å². The van der Waals surface area contributed by atoms with Gasteiger partial charge in [0.05, 0.1) is 0 Å². The molecule has 0 aromatic heterocycles. The van der Waals surface area contributed by atoms with Crippen molar-refractivity contribution >= 4 is 29.1 Å². The lowest BCUT2D eigenvalue weighted by Crippen LogP contribution is -2.61. The smallest absolute Gasteiger partial charge is 0.249 e. The van der Waals surface area contributed by atoms with Gasteiger partial charge in [0.15, 0.2) is 0 Å². The number of carbonyl (C=O) groups excluding carboxylic acids is 2. The van der Waals surface area contributed by atoms with E-state index in [0.717, 1.165) is 5.69 Å². The largest absolute Gasteiger partial charge is 0.348 e. The van der Waals surface area contributed by atoms with Crippen LogP contribution in [0.15, 0.2) is 24.3 Å². The number of rotatable bonds is 1. The van der Waals surface area contributed by atoms with Gasteiger partial charge in [-0.05, 0) is 38.1 Å². The molecule has 0 spiro atoms. The molecule has 4 nitrogen and oxygen atoms in total. The highest BCUT2D eigenvalue weighted by Gasteiger charge is 2.36. The molecule has 1 fully saturated rings. The lowest BCUT2D eigenvalue weighted by Gasteiger charge is -2.38. The van der Waals surface area contributed by atoms with Crippen molar-refractivity contribution in [2.75, 3.05) is 4.90 Å². The Balaban J connectivity index is 2.37. The fraction of sp³-hybridized carbons (Fsp3) is 0.333. The highest BCUT2D eigenvalue weighted by Crippen LogP contribution is 2.24. The quantitative estimate of drug-likeness (QED) is 0.772. The van der Waals surface area contributed by atoms with E-state index in [-0.39, 0.29) is 23.9 Å². The number of imide groups is 1. The number of hydrogen-bond acceptors (Lipinski definition) is 3. The van der Waals surface area contributed by atoms with Crippen molar-refractivity contribution in [3.63, 3.8) is 0 Å². The van der Waals surface area contributed by atoms with E-state index >= 15 is 0 Å². The van der Waals surface area contributed by atoms with Crippen LogP contribution < -0.4 is 10.2 Å². The van der Waals surface area contributed by atoms with Gasteiger partial charge in [0.2, 0.25) is 11.8 Å². The normalized spacial score (nSPS) is 24.8. The molecule has 90 valence electrons. The standard InChI is InChI=1S/C12H13ClN2O2/c1-7-11(16)14-12(17)8(2)15(7)10-5-3-9(13)4-6-10/h3-8H,1-2H3,(H,14,16,17). The molecule has 5 heteroatoms. The summed E-state index contributed by atoms with van der Waals surface area (Å²) in [5, 5.41) is 2.97. The van der Waals surface area contributed by atoms with Crippen LogP contribution in [0, 0.1) is 0 Å². The molecule has 2 amide bonds. The molecule has 2 atom stereocenters.